The summed E-state index contributed by atoms with van der Waals surface area (Å²) in [5.74, 6) is -1.62. The lowest BCUT2D eigenvalue weighted by Crippen LogP contribution is -2.41. The number of aromatic nitrogens is 1. The Morgan fingerprint density at radius 3 is 2.32 bits per heavy atom. The van der Waals surface area contributed by atoms with Crippen molar-refractivity contribution >= 4 is 33.4 Å². The minimum atomic E-state index is -1.21. The van der Waals surface area contributed by atoms with E-state index in [4.69, 9.17) is 4.74 Å². The van der Waals surface area contributed by atoms with Crippen LogP contribution in [0, 0.1) is 13.8 Å². The van der Waals surface area contributed by atoms with Crippen molar-refractivity contribution in [2.24, 2.45) is 0 Å². The number of aryl methyl sites for hydroxylation is 2. The average Bonchev–Trinajstić information content (AvgIpc) is 2.49. The summed E-state index contributed by atoms with van der Waals surface area (Å²) in [4.78, 5) is 31.2. The summed E-state index contributed by atoms with van der Waals surface area (Å²) >= 11 is 3.50. The number of nitrogens with zero attached hydrogens (tertiary/aromatic N) is 2. The summed E-state index contributed by atoms with van der Waals surface area (Å²) < 4.78 is 19.9. The standard InChI is InChI=1S/C18H24BrFN2O3/c1-10(2)25-17(24)16(23)13-11(3)21-12(4)14(19)15(13)22-8-6-18(5,20)7-9-22/h10H,6-9H2,1-5H3. The Balaban J connectivity index is 2.48. The van der Waals surface area contributed by atoms with Crippen LogP contribution in [0.2, 0.25) is 0 Å². The Kier molecular flexibility index (Phi) is 5.86. The molecule has 0 saturated carbocycles. The fraction of sp³-hybridized carbons (Fsp3) is 0.611. The normalized spacial score (nSPS) is 16.9. The van der Waals surface area contributed by atoms with E-state index in [1.165, 1.54) is 0 Å². The van der Waals surface area contributed by atoms with Gasteiger partial charge in [-0.25, -0.2) is 9.18 Å². The Labute approximate surface area is 156 Å². The van der Waals surface area contributed by atoms with Crippen LogP contribution in [0.15, 0.2) is 4.47 Å². The Hall–Kier alpha value is -1.50. The van der Waals surface area contributed by atoms with Crippen LogP contribution < -0.4 is 4.90 Å². The van der Waals surface area contributed by atoms with Gasteiger partial charge in [0.2, 0.25) is 0 Å². The number of anilines is 1. The predicted octanol–water partition coefficient (Wildman–Crippen LogP) is 3.92. The van der Waals surface area contributed by atoms with E-state index in [2.05, 4.69) is 20.9 Å². The van der Waals surface area contributed by atoms with Crippen LogP contribution >= 0.6 is 15.9 Å². The first kappa shape index (κ1) is 19.8. The summed E-state index contributed by atoms with van der Waals surface area (Å²) in [6.45, 7) is 9.42. The number of ketones is 1. The van der Waals surface area contributed by atoms with E-state index >= 15 is 0 Å². The van der Waals surface area contributed by atoms with Gasteiger partial charge < -0.3 is 9.64 Å². The number of piperidine rings is 1. The van der Waals surface area contributed by atoms with Gasteiger partial charge in [-0.15, -0.1) is 0 Å². The minimum Gasteiger partial charge on any atom is -0.457 e. The monoisotopic (exact) mass is 414 g/mol. The maximum absolute atomic E-state index is 14.2. The Morgan fingerprint density at radius 2 is 1.80 bits per heavy atom. The molecular formula is C18H24BrFN2O3. The quantitative estimate of drug-likeness (QED) is 0.424. The molecular weight excluding hydrogens is 391 g/mol. The average molecular weight is 415 g/mol. The van der Waals surface area contributed by atoms with E-state index in [9.17, 15) is 14.0 Å². The van der Waals surface area contributed by atoms with Gasteiger partial charge in [-0.3, -0.25) is 9.78 Å². The van der Waals surface area contributed by atoms with Crippen LogP contribution in [0.4, 0.5) is 10.1 Å². The lowest BCUT2D eigenvalue weighted by Gasteiger charge is -2.37. The highest BCUT2D eigenvalue weighted by Gasteiger charge is 2.34. The molecule has 138 valence electrons. The van der Waals surface area contributed by atoms with Crippen molar-refractivity contribution in [3.63, 3.8) is 0 Å². The first-order valence-corrected chi connectivity index (χ1v) is 9.18. The molecule has 0 bridgehead atoms. The molecule has 0 unspecified atom stereocenters. The van der Waals surface area contributed by atoms with Gasteiger partial charge in [-0.2, -0.15) is 0 Å². The topological polar surface area (TPSA) is 59.5 Å². The number of pyridine rings is 1. The first-order valence-electron chi connectivity index (χ1n) is 8.39. The number of esters is 1. The summed E-state index contributed by atoms with van der Waals surface area (Å²) in [5.41, 5.74) is 0.808. The zero-order valence-corrected chi connectivity index (χ0v) is 16.9. The second-order valence-corrected chi connectivity index (χ2v) is 7.80. The number of carbonyl (C=O) groups is 2. The van der Waals surface area contributed by atoms with Crippen molar-refractivity contribution in [2.75, 3.05) is 18.0 Å². The van der Waals surface area contributed by atoms with E-state index in [1.54, 1.807) is 27.7 Å². The zero-order valence-electron chi connectivity index (χ0n) is 15.3. The number of Topliss-reactive ketones (excluding diaryl/α,β-unsaturated/α-hetero) is 1. The van der Waals surface area contributed by atoms with Crippen LogP contribution in [0.3, 0.4) is 0 Å². The van der Waals surface area contributed by atoms with Crippen molar-refractivity contribution in [1.29, 1.82) is 0 Å². The molecule has 0 aliphatic carbocycles. The summed E-state index contributed by atoms with van der Waals surface area (Å²) in [6, 6.07) is 0. The molecule has 25 heavy (non-hydrogen) atoms. The van der Waals surface area contributed by atoms with E-state index in [1.807, 2.05) is 11.8 Å². The van der Waals surface area contributed by atoms with Crippen molar-refractivity contribution in [2.45, 2.75) is 59.2 Å². The van der Waals surface area contributed by atoms with Crippen LogP contribution in [0.5, 0.6) is 0 Å². The molecule has 0 atom stereocenters. The minimum absolute atomic E-state index is 0.227. The van der Waals surface area contributed by atoms with E-state index in [-0.39, 0.29) is 11.7 Å². The maximum Gasteiger partial charge on any atom is 0.380 e. The first-order chi connectivity index (χ1) is 11.5. The molecule has 0 N–H and O–H groups in total. The molecule has 2 rings (SSSR count). The second-order valence-electron chi connectivity index (χ2n) is 7.00. The van der Waals surface area contributed by atoms with Gasteiger partial charge in [0.1, 0.15) is 5.67 Å². The molecule has 7 heteroatoms. The summed E-state index contributed by atoms with van der Waals surface area (Å²) in [5, 5.41) is 0. The summed E-state index contributed by atoms with van der Waals surface area (Å²) in [6.07, 6.45) is 0.345. The molecule has 0 aromatic carbocycles. The second kappa shape index (κ2) is 7.40. The molecule has 1 aromatic heterocycles. The van der Waals surface area contributed by atoms with Crippen molar-refractivity contribution in [3.05, 3.63) is 21.4 Å². The Bertz CT molecular complexity index is 694. The number of ether oxygens (including phenoxy) is 1. The van der Waals surface area contributed by atoms with E-state index in [0.29, 0.717) is 41.8 Å². The van der Waals surface area contributed by atoms with Crippen LogP contribution in [0.25, 0.3) is 0 Å². The third kappa shape index (κ3) is 4.37. The highest BCUT2D eigenvalue weighted by atomic mass is 79.9. The molecule has 5 nitrogen and oxygen atoms in total. The molecule has 0 amide bonds. The van der Waals surface area contributed by atoms with E-state index < -0.39 is 17.4 Å². The predicted molar refractivity (Wildman–Crippen MR) is 97.9 cm³/mol. The zero-order chi connectivity index (χ0) is 18.9. The number of rotatable bonds is 4. The molecule has 2 heterocycles. The molecule has 1 aliphatic rings. The van der Waals surface area contributed by atoms with Crippen molar-refractivity contribution in [1.82, 2.24) is 4.98 Å². The van der Waals surface area contributed by atoms with E-state index in [0.717, 1.165) is 5.69 Å². The SMILES string of the molecule is Cc1nc(C)c(C(=O)C(=O)OC(C)C)c(N2CCC(C)(F)CC2)c1Br. The van der Waals surface area contributed by atoms with Crippen LogP contribution in [0.1, 0.15) is 55.4 Å². The number of hydrogen-bond donors (Lipinski definition) is 0. The van der Waals surface area contributed by atoms with Crippen LogP contribution in [-0.4, -0.2) is 41.6 Å². The van der Waals surface area contributed by atoms with Gasteiger partial charge in [0, 0.05) is 13.1 Å². The van der Waals surface area contributed by atoms with Gasteiger partial charge in [0.05, 0.1) is 33.2 Å². The molecule has 1 aromatic rings. The Morgan fingerprint density at radius 1 is 1.24 bits per heavy atom. The van der Waals surface area contributed by atoms with Crippen molar-refractivity contribution < 1.29 is 18.7 Å². The lowest BCUT2D eigenvalue weighted by molar-refractivity contribution is -0.141. The van der Waals surface area contributed by atoms with Crippen LogP contribution in [-0.2, 0) is 9.53 Å². The van der Waals surface area contributed by atoms with Gasteiger partial charge in [-0.05, 0) is 63.4 Å². The van der Waals surface area contributed by atoms with Gasteiger partial charge in [0.15, 0.2) is 0 Å². The third-order valence-corrected chi connectivity index (χ3v) is 5.29. The number of alkyl halides is 1. The summed E-state index contributed by atoms with van der Waals surface area (Å²) in [7, 11) is 0. The molecule has 0 radical (unpaired) electrons. The fourth-order valence-corrected chi connectivity index (χ4v) is 3.48. The molecule has 1 fully saturated rings. The maximum atomic E-state index is 14.2. The number of carbonyl (C=O) groups excluding carboxylic acids is 2. The lowest BCUT2D eigenvalue weighted by atomic mass is 9.94. The van der Waals surface area contributed by atoms with Gasteiger partial charge in [0.25, 0.3) is 5.78 Å². The van der Waals surface area contributed by atoms with Crippen molar-refractivity contribution in [3.8, 4) is 0 Å². The highest BCUT2D eigenvalue weighted by molar-refractivity contribution is 9.10. The number of hydrogen-bond acceptors (Lipinski definition) is 5. The molecule has 1 saturated heterocycles. The smallest absolute Gasteiger partial charge is 0.380 e. The third-order valence-electron chi connectivity index (χ3n) is 4.34. The largest absolute Gasteiger partial charge is 0.457 e. The van der Waals surface area contributed by atoms with Gasteiger partial charge >= 0.3 is 5.97 Å². The molecule has 0 spiro atoms. The highest BCUT2D eigenvalue weighted by Crippen LogP contribution is 2.38. The van der Waals surface area contributed by atoms with Gasteiger partial charge in [-0.1, -0.05) is 0 Å². The number of halogens is 2. The molecule has 1 aliphatic heterocycles. The fourth-order valence-electron chi connectivity index (χ4n) is 2.94.